The van der Waals surface area contributed by atoms with Gasteiger partial charge in [-0.1, -0.05) is 38.0 Å². The van der Waals surface area contributed by atoms with E-state index >= 15 is 0 Å². The summed E-state index contributed by atoms with van der Waals surface area (Å²) >= 11 is 0. The van der Waals surface area contributed by atoms with Gasteiger partial charge in [0, 0.05) is 30.4 Å². The van der Waals surface area contributed by atoms with Crippen LogP contribution in [0.1, 0.15) is 55.6 Å². The average Bonchev–Trinajstić information content (AvgIpc) is 3.05. The van der Waals surface area contributed by atoms with Crippen LogP contribution in [0.2, 0.25) is 0 Å². The van der Waals surface area contributed by atoms with Crippen LogP contribution < -0.4 is 10.6 Å². The number of carbonyl (C=O) groups is 2. The monoisotopic (exact) mass is 423 g/mol. The van der Waals surface area contributed by atoms with Crippen LogP contribution >= 0.6 is 0 Å². The van der Waals surface area contributed by atoms with Crippen molar-refractivity contribution in [1.29, 1.82) is 0 Å². The third kappa shape index (κ3) is 4.51. The van der Waals surface area contributed by atoms with Crippen molar-refractivity contribution in [3.63, 3.8) is 0 Å². The fourth-order valence-corrected chi connectivity index (χ4v) is 5.04. The Morgan fingerprint density at radius 2 is 1.94 bits per heavy atom. The van der Waals surface area contributed by atoms with Crippen molar-refractivity contribution in [2.45, 2.75) is 58.5 Å². The molecule has 3 atom stereocenters. The minimum atomic E-state index is -0.513. The van der Waals surface area contributed by atoms with E-state index in [1.807, 2.05) is 53.8 Å². The molecule has 2 aromatic rings. The third-order valence-electron chi connectivity index (χ3n) is 6.74. The van der Waals surface area contributed by atoms with Gasteiger partial charge >= 0.3 is 0 Å². The molecule has 7 heteroatoms. The Kier molecular flexibility index (Phi) is 6.41. The van der Waals surface area contributed by atoms with Gasteiger partial charge in [0.25, 0.3) is 0 Å². The number of rotatable bonds is 5. The normalized spacial score (nSPS) is 24.6. The van der Waals surface area contributed by atoms with Gasteiger partial charge in [0.2, 0.25) is 11.8 Å². The highest BCUT2D eigenvalue weighted by Gasteiger charge is 2.36. The predicted molar refractivity (Wildman–Crippen MR) is 120 cm³/mol. The molecule has 2 aliphatic rings. The first kappa shape index (κ1) is 21.6. The van der Waals surface area contributed by atoms with E-state index in [9.17, 15) is 9.59 Å². The minimum Gasteiger partial charge on any atom is -0.353 e. The molecule has 2 fully saturated rings. The van der Waals surface area contributed by atoms with Crippen molar-refractivity contribution < 1.29 is 9.59 Å². The number of nitrogens with one attached hydrogen (secondary N) is 2. The van der Waals surface area contributed by atoms with Crippen LogP contribution in [0.4, 0.5) is 0 Å². The maximum atomic E-state index is 13.0. The van der Waals surface area contributed by atoms with Gasteiger partial charge in [-0.25, -0.2) is 4.68 Å². The van der Waals surface area contributed by atoms with Crippen LogP contribution in [0.15, 0.2) is 30.3 Å². The Hall–Kier alpha value is -2.67. The molecule has 0 spiro atoms. The fraction of sp³-hybridized carbons (Fsp3) is 0.542. The van der Waals surface area contributed by atoms with Gasteiger partial charge in [-0.15, -0.1) is 0 Å². The highest BCUT2D eigenvalue weighted by atomic mass is 16.2. The number of hydrogen-bond acceptors (Lipinski definition) is 4. The zero-order valence-electron chi connectivity index (χ0n) is 18.7. The Labute approximate surface area is 184 Å². The number of amides is 2. The number of nitrogens with zero attached hydrogens (tertiary/aromatic N) is 3. The number of aryl methyl sites for hydroxylation is 1. The molecule has 1 aliphatic heterocycles. The van der Waals surface area contributed by atoms with E-state index in [1.165, 1.54) is 12.8 Å². The highest BCUT2D eigenvalue weighted by molar-refractivity contribution is 5.86. The van der Waals surface area contributed by atoms with Crippen LogP contribution in [0.5, 0.6) is 0 Å². The van der Waals surface area contributed by atoms with Gasteiger partial charge in [-0.2, -0.15) is 5.10 Å². The maximum absolute atomic E-state index is 13.0. The molecule has 1 aliphatic carbocycles. The second-order valence-corrected chi connectivity index (χ2v) is 8.93. The van der Waals surface area contributed by atoms with Crippen LogP contribution in [-0.4, -0.2) is 52.2 Å². The van der Waals surface area contributed by atoms with E-state index in [2.05, 4.69) is 17.6 Å². The van der Waals surface area contributed by atoms with Gasteiger partial charge in [0.05, 0.1) is 17.9 Å². The number of carbonyl (C=O) groups excluding carboxylic acids is 2. The fourth-order valence-electron chi connectivity index (χ4n) is 5.04. The summed E-state index contributed by atoms with van der Waals surface area (Å²) in [5, 5.41) is 10.9. The molecule has 0 radical (unpaired) electrons. The summed E-state index contributed by atoms with van der Waals surface area (Å²) in [5.41, 5.74) is 3.59. The van der Waals surface area contributed by atoms with E-state index in [1.54, 1.807) is 0 Å². The summed E-state index contributed by atoms with van der Waals surface area (Å²) < 4.78 is 1.88. The summed E-state index contributed by atoms with van der Waals surface area (Å²) in [6.45, 7) is 7.55. The van der Waals surface area contributed by atoms with E-state index in [0.717, 1.165) is 35.5 Å². The van der Waals surface area contributed by atoms with Crippen molar-refractivity contribution in [3.8, 4) is 5.69 Å². The number of benzene rings is 1. The van der Waals surface area contributed by atoms with E-state index in [-0.39, 0.29) is 24.4 Å². The zero-order chi connectivity index (χ0) is 22.0. The quantitative estimate of drug-likeness (QED) is 0.775. The lowest BCUT2D eigenvalue weighted by Crippen LogP contribution is -2.54. The molecule has 2 amide bonds. The summed E-state index contributed by atoms with van der Waals surface area (Å²) in [6, 6.07) is 9.64. The van der Waals surface area contributed by atoms with Gasteiger partial charge in [0.1, 0.15) is 6.04 Å². The lowest BCUT2D eigenvalue weighted by molar-refractivity contribution is -0.132. The first-order valence-corrected chi connectivity index (χ1v) is 11.4. The molecule has 166 valence electrons. The minimum absolute atomic E-state index is 0.00390. The SMILES string of the molecule is Cc1nn(-c2ccccc2)c(C)c1[C@@H]1C(=O)NCCN1CC(=O)N[C@@H]1CCCC[C@H]1C. The average molecular weight is 424 g/mol. The van der Waals surface area contributed by atoms with E-state index < -0.39 is 6.04 Å². The Morgan fingerprint density at radius 3 is 2.68 bits per heavy atom. The molecule has 0 bridgehead atoms. The molecule has 1 saturated carbocycles. The topological polar surface area (TPSA) is 79.3 Å². The number of aromatic nitrogens is 2. The van der Waals surface area contributed by atoms with Gasteiger partial charge in [0.15, 0.2) is 0 Å². The summed E-state index contributed by atoms with van der Waals surface area (Å²) in [7, 11) is 0. The smallest absolute Gasteiger partial charge is 0.242 e. The highest BCUT2D eigenvalue weighted by Crippen LogP contribution is 2.30. The second-order valence-electron chi connectivity index (χ2n) is 8.93. The molecule has 1 aromatic carbocycles. The number of hydrogen-bond donors (Lipinski definition) is 2. The summed E-state index contributed by atoms with van der Waals surface area (Å²) in [4.78, 5) is 27.9. The van der Waals surface area contributed by atoms with Crippen LogP contribution in [0.3, 0.4) is 0 Å². The third-order valence-corrected chi connectivity index (χ3v) is 6.74. The Bertz CT molecular complexity index is 939. The van der Waals surface area contributed by atoms with Crippen LogP contribution in [0.25, 0.3) is 5.69 Å². The van der Waals surface area contributed by atoms with Gasteiger partial charge < -0.3 is 10.6 Å². The molecule has 2 heterocycles. The Balaban J connectivity index is 1.56. The molecule has 0 unspecified atom stereocenters. The van der Waals surface area contributed by atoms with Gasteiger partial charge in [-0.3, -0.25) is 14.5 Å². The van der Waals surface area contributed by atoms with E-state index in [0.29, 0.717) is 19.0 Å². The molecule has 1 saturated heterocycles. The summed E-state index contributed by atoms with van der Waals surface area (Å²) in [6.07, 6.45) is 4.61. The molecular formula is C24H33N5O2. The summed E-state index contributed by atoms with van der Waals surface area (Å²) in [5.74, 6) is 0.444. The van der Waals surface area contributed by atoms with Crippen LogP contribution in [-0.2, 0) is 9.59 Å². The number of piperazine rings is 1. The molecule has 1 aromatic heterocycles. The first-order valence-electron chi connectivity index (χ1n) is 11.4. The standard InChI is InChI=1S/C24H33N5O2/c1-16-9-7-8-12-20(16)26-21(30)15-28-14-13-25-24(31)23(28)22-17(2)27-29(18(22)3)19-10-5-4-6-11-19/h4-6,10-11,16,20,23H,7-9,12-15H2,1-3H3,(H,25,31)(H,26,30)/t16-,20-,23-/m1/s1. The zero-order valence-corrected chi connectivity index (χ0v) is 18.7. The molecule has 7 nitrogen and oxygen atoms in total. The lowest BCUT2D eigenvalue weighted by Gasteiger charge is -2.36. The van der Waals surface area contributed by atoms with Gasteiger partial charge in [-0.05, 0) is 44.7 Å². The van der Waals surface area contributed by atoms with E-state index in [4.69, 9.17) is 5.10 Å². The molecule has 2 N–H and O–H groups in total. The second kappa shape index (κ2) is 9.22. The maximum Gasteiger partial charge on any atom is 0.242 e. The Morgan fingerprint density at radius 1 is 1.19 bits per heavy atom. The van der Waals surface area contributed by atoms with Crippen molar-refractivity contribution in [2.24, 2.45) is 5.92 Å². The number of para-hydroxylation sites is 1. The molecular weight excluding hydrogens is 390 g/mol. The van der Waals surface area contributed by atoms with Crippen molar-refractivity contribution in [1.82, 2.24) is 25.3 Å². The predicted octanol–water partition coefficient (Wildman–Crippen LogP) is 2.66. The molecule has 31 heavy (non-hydrogen) atoms. The largest absolute Gasteiger partial charge is 0.353 e. The first-order chi connectivity index (χ1) is 15.0. The molecule has 4 rings (SSSR count). The van der Waals surface area contributed by atoms with Crippen molar-refractivity contribution in [2.75, 3.05) is 19.6 Å². The van der Waals surface area contributed by atoms with Crippen molar-refractivity contribution in [3.05, 3.63) is 47.3 Å². The van der Waals surface area contributed by atoms with Crippen LogP contribution in [0, 0.1) is 19.8 Å². The van der Waals surface area contributed by atoms with Crippen molar-refractivity contribution >= 4 is 11.8 Å². The lowest BCUT2D eigenvalue weighted by atomic mass is 9.86.